The van der Waals surface area contributed by atoms with Crippen molar-refractivity contribution in [3.8, 4) is 0 Å². The summed E-state index contributed by atoms with van der Waals surface area (Å²) in [5.41, 5.74) is 0. The summed E-state index contributed by atoms with van der Waals surface area (Å²) in [6.07, 6.45) is 21.3. The molecule has 0 spiro atoms. The number of carbonyl (C=O) groups is 1. The first-order chi connectivity index (χ1) is 10.8. The molecule has 0 rings (SSSR count). The lowest BCUT2D eigenvalue weighted by Gasteiger charge is -2.02. The topological polar surface area (TPSA) is 26.3 Å². The largest absolute Gasteiger partial charge is 0.466 e. The Kier molecular flexibility index (Phi) is 17.6. The highest BCUT2D eigenvalue weighted by atomic mass is 16.5. The summed E-state index contributed by atoms with van der Waals surface area (Å²) < 4.78 is 5.12. The molecule has 0 bridgehead atoms. The maximum absolute atomic E-state index is 11.4. The molecule has 0 unspecified atom stereocenters. The third-order valence-corrected chi connectivity index (χ3v) is 3.92. The highest BCUT2D eigenvalue weighted by Gasteiger charge is 1.99. The number of rotatable bonds is 16. The number of esters is 1. The van der Waals surface area contributed by atoms with Crippen molar-refractivity contribution in [1.29, 1.82) is 0 Å². The average Bonchev–Trinajstić information content (AvgIpc) is 2.52. The quantitative estimate of drug-likeness (QED) is 0.183. The molecule has 0 fully saturated rings. The van der Waals surface area contributed by atoms with Gasteiger partial charge in [-0.1, -0.05) is 83.8 Å². The molecule has 0 atom stereocenters. The van der Waals surface area contributed by atoms with E-state index in [2.05, 4.69) is 26.0 Å². The fraction of sp³-hybridized carbons (Fsp3) is 0.850. The van der Waals surface area contributed by atoms with Crippen molar-refractivity contribution in [2.45, 2.75) is 104 Å². The van der Waals surface area contributed by atoms with Crippen LogP contribution in [0.15, 0.2) is 12.2 Å². The number of allylic oxidation sites excluding steroid dienone is 2. The van der Waals surface area contributed by atoms with Crippen LogP contribution in [0.3, 0.4) is 0 Å². The minimum atomic E-state index is -0.0545. The van der Waals surface area contributed by atoms with Gasteiger partial charge < -0.3 is 4.74 Å². The van der Waals surface area contributed by atoms with Gasteiger partial charge in [0.15, 0.2) is 0 Å². The van der Waals surface area contributed by atoms with Crippen LogP contribution in [-0.4, -0.2) is 12.6 Å². The second-order valence-corrected chi connectivity index (χ2v) is 6.20. The zero-order valence-electron chi connectivity index (χ0n) is 15.1. The first-order valence-electron chi connectivity index (χ1n) is 9.61. The summed E-state index contributed by atoms with van der Waals surface area (Å²) in [5.74, 6) is -0.0545. The summed E-state index contributed by atoms with van der Waals surface area (Å²) in [5, 5.41) is 0. The van der Waals surface area contributed by atoms with Crippen molar-refractivity contribution in [3.63, 3.8) is 0 Å². The van der Waals surface area contributed by atoms with Gasteiger partial charge in [0.2, 0.25) is 0 Å². The van der Waals surface area contributed by atoms with Crippen LogP contribution in [-0.2, 0) is 9.53 Å². The fourth-order valence-corrected chi connectivity index (χ4v) is 2.41. The molecule has 2 nitrogen and oxygen atoms in total. The van der Waals surface area contributed by atoms with Gasteiger partial charge in [-0.3, -0.25) is 4.79 Å². The van der Waals surface area contributed by atoms with E-state index in [4.69, 9.17) is 4.74 Å². The Hall–Kier alpha value is -0.790. The Balaban J connectivity index is 3.19. The summed E-state index contributed by atoms with van der Waals surface area (Å²) in [6.45, 7) is 4.95. The van der Waals surface area contributed by atoms with Crippen molar-refractivity contribution >= 4 is 5.97 Å². The van der Waals surface area contributed by atoms with E-state index in [1.807, 2.05) is 0 Å². The van der Waals surface area contributed by atoms with Crippen molar-refractivity contribution in [3.05, 3.63) is 12.2 Å². The molecule has 130 valence electrons. The van der Waals surface area contributed by atoms with E-state index >= 15 is 0 Å². The standard InChI is InChI=1S/C20H38O2/c1-3-5-7-8-9-10-11-12-13-14-15-16-17-18-20(21)22-19-6-4-2/h15-16H,3-14,17-19H2,1-2H3. The molecule has 22 heavy (non-hydrogen) atoms. The fourth-order valence-electron chi connectivity index (χ4n) is 2.41. The van der Waals surface area contributed by atoms with Crippen LogP contribution >= 0.6 is 0 Å². The Morgan fingerprint density at radius 2 is 1.27 bits per heavy atom. The minimum Gasteiger partial charge on any atom is -0.466 e. The molecule has 0 aliphatic carbocycles. The monoisotopic (exact) mass is 310 g/mol. The zero-order chi connectivity index (χ0) is 16.3. The molecule has 0 saturated heterocycles. The highest BCUT2D eigenvalue weighted by Crippen LogP contribution is 2.10. The third kappa shape index (κ3) is 17.3. The lowest BCUT2D eigenvalue weighted by molar-refractivity contribution is -0.143. The first-order valence-corrected chi connectivity index (χ1v) is 9.61. The highest BCUT2D eigenvalue weighted by molar-refractivity contribution is 5.69. The molecule has 0 radical (unpaired) electrons. The van der Waals surface area contributed by atoms with Crippen molar-refractivity contribution < 1.29 is 9.53 Å². The first kappa shape index (κ1) is 21.2. The van der Waals surface area contributed by atoms with E-state index in [1.165, 1.54) is 57.8 Å². The molecule has 0 aromatic carbocycles. The lowest BCUT2D eigenvalue weighted by Crippen LogP contribution is -2.04. The van der Waals surface area contributed by atoms with Gasteiger partial charge in [0.25, 0.3) is 0 Å². The number of carbonyl (C=O) groups excluding carboxylic acids is 1. The summed E-state index contributed by atoms with van der Waals surface area (Å²) >= 11 is 0. The van der Waals surface area contributed by atoms with Crippen LogP contribution in [0.1, 0.15) is 104 Å². The van der Waals surface area contributed by atoms with Crippen LogP contribution in [0.4, 0.5) is 0 Å². The Morgan fingerprint density at radius 3 is 1.91 bits per heavy atom. The SMILES string of the molecule is CCCCCCCCCCCC=CCCC(=O)OCCCC. The van der Waals surface area contributed by atoms with Crippen LogP contribution < -0.4 is 0 Å². The van der Waals surface area contributed by atoms with Gasteiger partial charge in [0, 0.05) is 6.42 Å². The molecule has 0 amide bonds. The molecule has 0 aliphatic heterocycles. The summed E-state index contributed by atoms with van der Waals surface area (Å²) in [4.78, 5) is 11.4. The molecule has 2 heteroatoms. The molecule has 0 heterocycles. The van der Waals surface area contributed by atoms with Gasteiger partial charge in [0.1, 0.15) is 0 Å². The van der Waals surface area contributed by atoms with Crippen LogP contribution in [0.25, 0.3) is 0 Å². The van der Waals surface area contributed by atoms with Gasteiger partial charge in [0.05, 0.1) is 6.61 Å². The van der Waals surface area contributed by atoms with Crippen molar-refractivity contribution in [1.82, 2.24) is 0 Å². The molecular formula is C20H38O2. The number of hydrogen-bond donors (Lipinski definition) is 0. The smallest absolute Gasteiger partial charge is 0.306 e. The van der Waals surface area contributed by atoms with Gasteiger partial charge in [-0.15, -0.1) is 0 Å². The van der Waals surface area contributed by atoms with Gasteiger partial charge >= 0.3 is 5.97 Å². The van der Waals surface area contributed by atoms with Gasteiger partial charge in [-0.05, 0) is 25.7 Å². The predicted octanol–water partition coefficient (Wildman–Crippen LogP) is 6.59. The van der Waals surface area contributed by atoms with Crippen molar-refractivity contribution in [2.24, 2.45) is 0 Å². The zero-order valence-corrected chi connectivity index (χ0v) is 15.1. The van der Waals surface area contributed by atoms with E-state index in [1.54, 1.807) is 0 Å². The number of unbranched alkanes of at least 4 members (excludes halogenated alkanes) is 10. The van der Waals surface area contributed by atoms with Crippen LogP contribution in [0.5, 0.6) is 0 Å². The van der Waals surface area contributed by atoms with E-state index < -0.39 is 0 Å². The molecule has 0 aromatic rings. The molecule has 0 aromatic heterocycles. The Bertz CT molecular complexity index is 258. The second kappa shape index (κ2) is 18.3. The van der Waals surface area contributed by atoms with E-state index in [0.29, 0.717) is 13.0 Å². The Morgan fingerprint density at radius 1 is 0.727 bits per heavy atom. The molecule has 0 saturated carbocycles. The Labute approximate surface area is 138 Å². The van der Waals surface area contributed by atoms with Crippen LogP contribution in [0.2, 0.25) is 0 Å². The summed E-state index contributed by atoms with van der Waals surface area (Å²) in [6, 6.07) is 0. The minimum absolute atomic E-state index is 0.0545. The normalized spacial score (nSPS) is 11.2. The predicted molar refractivity (Wildman–Crippen MR) is 96.1 cm³/mol. The number of ether oxygens (including phenoxy) is 1. The average molecular weight is 311 g/mol. The molecule has 0 N–H and O–H groups in total. The van der Waals surface area contributed by atoms with E-state index in [9.17, 15) is 4.79 Å². The maximum atomic E-state index is 11.4. The molecular weight excluding hydrogens is 272 g/mol. The van der Waals surface area contributed by atoms with Gasteiger partial charge in [-0.2, -0.15) is 0 Å². The maximum Gasteiger partial charge on any atom is 0.306 e. The van der Waals surface area contributed by atoms with Gasteiger partial charge in [-0.25, -0.2) is 0 Å². The molecule has 0 aliphatic rings. The number of hydrogen-bond acceptors (Lipinski definition) is 2. The van der Waals surface area contributed by atoms with Crippen LogP contribution in [0, 0.1) is 0 Å². The second-order valence-electron chi connectivity index (χ2n) is 6.20. The van der Waals surface area contributed by atoms with E-state index in [-0.39, 0.29) is 5.97 Å². The lowest BCUT2D eigenvalue weighted by atomic mass is 10.1. The summed E-state index contributed by atoms with van der Waals surface area (Å²) in [7, 11) is 0. The van der Waals surface area contributed by atoms with E-state index in [0.717, 1.165) is 25.7 Å². The third-order valence-electron chi connectivity index (χ3n) is 3.92. The van der Waals surface area contributed by atoms with Crippen molar-refractivity contribution in [2.75, 3.05) is 6.61 Å².